The standard InChI is InChI=1S/C27H33ClN4O2/c1-19(33)32-15-13-31(14-16-32)11-3-17-34-22-7-4-20(5-8-22)27-26-23(10-12-30(27)2)24-18-21(28)6-9-25(24)29-26/h4-9,18,27,29H,3,10-17H2,1-2H3. The number of H-pyrrole nitrogens is 1. The van der Waals surface area contributed by atoms with Crippen molar-refractivity contribution in [3.8, 4) is 5.75 Å². The Bertz CT molecular complexity index is 1150. The molecule has 6 nitrogen and oxygen atoms in total. The molecule has 7 heteroatoms. The number of halogens is 1. The van der Waals surface area contributed by atoms with Gasteiger partial charge in [-0.3, -0.25) is 14.6 Å². The summed E-state index contributed by atoms with van der Waals surface area (Å²) in [6.07, 6.45) is 2.00. The topological polar surface area (TPSA) is 51.8 Å². The van der Waals surface area contributed by atoms with Crippen molar-refractivity contribution in [1.29, 1.82) is 0 Å². The Morgan fingerprint density at radius 1 is 1.09 bits per heavy atom. The number of hydrogen-bond donors (Lipinski definition) is 1. The highest BCUT2D eigenvalue weighted by Crippen LogP contribution is 2.38. The third kappa shape index (κ3) is 4.81. The van der Waals surface area contributed by atoms with E-state index in [1.165, 1.54) is 22.2 Å². The first-order valence-electron chi connectivity index (χ1n) is 12.2. The van der Waals surface area contributed by atoms with Gasteiger partial charge in [-0.15, -0.1) is 0 Å². The molecular formula is C27H33ClN4O2. The zero-order valence-corrected chi connectivity index (χ0v) is 20.8. The van der Waals surface area contributed by atoms with Crippen LogP contribution >= 0.6 is 11.6 Å². The molecule has 1 amide bonds. The van der Waals surface area contributed by atoms with Gasteiger partial charge >= 0.3 is 0 Å². The second-order valence-electron chi connectivity index (χ2n) is 9.46. The number of nitrogens with zero attached hydrogens (tertiary/aromatic N) is 3. The normalized spacial score (nSPS) is 19.4. The number of hydrogen-bond acceptors (Lipinski definition) is 4. The Kier molecular flexibility index (Phi) is 6.82. The van der Waals surface area contributed by atoms with Crippen molar-refractivity contribution in [3.05, 3.63) is 64.3 Å². The molecule has 0 spiro atoms. The van der Waals surface area contributed by atoms with Crippen LogP contribution in [0.1, 0.15) is 36.2 Å². The van der Waals surface area contributed by atoms with E-state index in [-0.39, 0.29) is 11.9 Å². The van der Waals surface area contributed by atoms with Crippen LogP contribution in [0.3, 0.4) is 0 Å². The van der Waals surface area contributed by atoms with Crippen LogP contribution in [-0.4, -0.2) is 78.5 Å². The van der Waals surface area contributed by atoms with E-state index < -0.39 is 0 Å². The Hall–Kier alpha value is -2.54. The summed E-state index contributed by atoms with van der Waals surface area (Å²) in [5.74, 6) is 1.09. The monoisotopic (exact) mass is 480 g/mol. The maximum Gasteiger partial charge on any atom is 0.219 e. The molecule has 0 radical (unpaired) electrons. The molecule has 2 aliphatic heterocycles. The van der Waals surface area contributed by atoms with Gasteiger partial charge in [0, 0.05) is 67.8 Å². The minimum atomic E-state index is 0.177. The maximum atomic E-state index is 11.5. The van der Waals surface area contributed by atoms with Crippen molar-refractivity contribution in [2.24, 2.45) is 0 Å². The molecular weight excluding hydrogens is 448 g/mol. The fourth-order valence-electron chi connectivity index (χ4n) is 5.31. The molecule has 1 N–H and O–H groups in total. The van der Waals surface area contributed by atoms with Gasteiger partial charge in [-0.2, -0.15) is 0 Å². The molecule has 1 fully saturated rings. The predicted octanol–water partition coefficient (Wildman–Crippen LogP) is 4.33. The number of amides is 1. The summed E-state index contributed by atoms with van der Waals surface area (Å²) in [7, 11) is 2.19. The number of nitrogens with one attached hydrogen (secondary N) is 1. The highest BCUT2D eigenvalue weighted by Gasteiger charge is 2.29. The van der Waals surface area contributed by atoms with Crippen molar-refractivity contribution >= 4 is 28.4 Å². The molecule has 2 aliphatic rings. The molecule has 1 unspecified atom stereocenters. The number of aromatic nitrogens is 1. The summed E-state index contributed by atoms with van der Waals surface area (Å²) in [5, 5.41) is 2.02. The molecule has 2 aromatic carbocycles. The van der Waals surface area contributed by atoms with Gasteiger partial charge in [-0.25, -0.2) is 0 Å². The molecule has 0 aliphatic carbocycles. The van der Waals surface area contributed by atoms with Crippen LogP contribution in [0, 0.1) is 0 Å². The van der Waals surface area contributed by atoms with Crippen molar-refractivity contribution in [2.75, 3.05) is 52.9 Å². The van der Waals surface area contributed by atoms with Gasteiger partial charge in [0.25, 0.3) is 0 Å². The van der Waals surface area contributed by atoms with Crippen molar-refractivity contribution in [1.82, 2.24) is 19.7 Å². The summed E-state index contributed by atoms with van der Waals surface area (Å²) >= 11 is 6.28. The average molecular weight is 481 g/mol. The maximum absolute atomic E-state index is 11.5. The van der Waals surface area contributed by atoms with Gasteiger partial charge in [0.1, 0.15) is 5.75 Å². The van der Waals surface area contributed by atoms with Crippen molar-refractivity contribution < 1.29 is 9.53 Å². The van der Waals surface area contributed by atoms with Crippen molar-refractivity contribution in [2.45, 2.75) is 25.8 Å². The largest absolute Gasteiger partial charge is 0.494 e. The number of carbonyl (C=O) groups is 1. The molecule has 0 saturated carbocycles. The number of ether oxygens (including phenoxy) is 1. The number of benzene rings is 2. The van der Waals surface area contributed by atoms with Crippen LogP contribution in [0.5, 0.6) is 5.75 Å². The third-order valence-electron chi connectivity index (χ3n) is 7.23. The molecule has 3 aromatic rings. The smallest absolute Gasteiger partial charge is 0.219 e. The van der Waals surface area contributed by atoms with E-state index in [4.69, 9.17) is 16.3 Å². The van der Waals surface area contributed by atoms with Gasteiger partial charge < -0.3 is 14.6 Å². The minimum Gasteiger partial charge on any atom is -0.494 e. The molecule has 3 heterocycles. The van der Waals surface area contributed by atoms with Crippen LogP contribution in [0.2, 0.25) is 5.02 Å². The van der Waals surface area contributed by atoms with Crippen LogP contribution in [0.15, 0.2) is 42.5 Å². The quantitative estimate of drug-likeness (QED) is 0.533. The molecule has 34 heavy (non-hydrogen) atoms. The van der Waals surface area contributed by atoms with E-state index in [0.29, 0.717) is 6.61 Å². The molecule has 1 saturated heterocycles. The highest BCUT2D eigenvalue weighted by atomic mass is 35.5. The first-order valence-corrected chi connectivity index (χ1v) is 12.6. The molecule has 1 aromatic heterocycles. The molecule has 5 rings (SSSR count). The fourth-order valence-corrected chi connectivity index (χ4v) is 5.49. The third-order valence-corrected chi connectivity index (χ3v) is 7.47. The fraction of sp³-hybridized carbons (Fsp3) is 0.444. The lowest BCUT2D eigenvalue weighted by Gasteiger charge is -2.34. The zero-order valence-electron chi connectivity index (χ0n) is 20.0. The van der Waals surface area contributed by atoms with Crippen LogP contribution < -0.4 is 4.74 Å². The molecule has 0 bridgehead atoms. The van der Waals surface area contributed by atoms with Gasteiger partial charge in [0.2, 0.25) is 5.91 Å². The lowest BCUT2D eigenvalue weighted by Crippen LogP contribution is -2.48. The van der Waals surface area contributed by atoms with Crippen LogP contribution in [0.25, 0.3) is 10.9 Å². The van der Waals surface area contributed by atoms with E-state index >= 15 is 0 Å². The van der Waals surface area contributed by atoms with Crippen LogP contribution in [-0.2, 0) is 11.2 Å². The Labute approximate surface area is 206 Å². The first kappa shape index (κ1) is 23.2. The summed E-state index contributed by atoms with van der Waals surface area (Å²) in [6.45, 7) is 7.92. The number of rotatable bonds is 6. The van der Waals surface area contributed by atoms with E-state index in [1.54, 1.807) is 6.92 Å². The second kappa shape index (κ2) is 9.98. The first-order chi connectivity index (χ1) is 16.5. The zero-order chi connectivity index (χ0) is 23.7. The van der Waals surface area contributed by atoms with E-state index in [9.17, 15) is 4.79 Å². The molecule has 180 valence electrons. The number of piperazine rings is 1. The lowest BCUT2D eigenvalue weighted by atomic mass is 9.93. The van der Waals surface area contributed by atoms with Crippen LogP contribution in [0.4, 0.5) is 0 Å². The SMILES string of the molecule is CC(=O)N1CCN(CCCOc2ccc(C3c4[nH]c5ccc(Cl)cc5c4CCN3C)cc2)CC1. The Balaban J connectivity index is 1.19. The Morgan fingerprint density at radius 2 is 1.85 bits per heavy atom. The van der Waals surface area contributed by atoms with Gasteiger partial charge in [-0.05, 0) is 61.3 Å². The Morgan fingerprint density at radius 3 is 2.59 bits per heavy atom. The van der Waals surface area contributed by atoms with E-state index in [2.05, 4.69) is 58.2 Å². The van der Waals surface area contributed by atoms with E-state index in [0.717, 1.165) is 68.4 Å². The van der Waals surface area contributed by atoms with E-state index in [1.807, 2.05) is 11.0 Å². The van der Waals surface area contributed by atoms with Crippen molar-refractivity contribution in [3.63, 3.8) is 0 Å². The van der Waals surface area contributed by atoms with Gasteiger partial charge in [0.15, 0.2) is 0 Å². The minimum absolute atomic E-state index is 0.177. The predicted molar refractivity (Wildman–Crippen MR) is 137 cm³/mol. The van der Waals surface area contributed by atoms with Gasteiger partial charge in [0.05, 0.1) is 12.6 Å². The second-order valence-corrected chi connectivity index (χ2v) is 9.90. The summed E-state index contributed by atoms with van der Waals surface area (Å²) in [6, 6.07) is 14.8. The number of fused-ring (bicyclic) bond motifs is 3. The summed E-state index contributed by atoms with van der Waals surface area (Å²) in [4.78, 5) is 21.9. The lowest BCUT2D eigenvalue weighted by molar-refractivity contribution is -0.130. The van der Waals surface area contributed by atoms with Gasteiger partial charge in [-0.1, -0.05) is 23.7 Å². The number of aromatic amines is 1. The number of likely N-dealkylation sites (N-methyl/N-ethyl adjacent to an activating group) is 1. The number of carbonyl (C=O) groups excluding carboxylic acids is 1. The highest BCUT2D eigenvalue weighted by molar-refractivity contribution is 6.31. The molecule has 1 atom stereocenters. The summed E-state index contributed by atoms with van der Waals surface area (Å²) < 4.78 is 6.03. The summed E-state index contributed by atoms with van der Waals surface area (Å²) in [5.41, 5.74) is 5.06. The average Bonchev–Trinajstić information content (AvgIpc) is 3.20.